The molecule has 0 unspecified atom stereocenters. The molecule has 0 bridgehead atoms. The summed E-state index contributed by atoms with van der Waals surface area (Å²) < 4.78 is 14.3. The van der Waals surface area contributed by atoms with E-state index in [-0.39, 0.29) is 19.6 Å². The van der Waals surface area contributed by atoms with E-state index in [1.165, 1.54) is 0 Å². The average molecular weight is 382 g/mol. The maximum atomic E-state index is 11.9. The first-order valence-corrected chi connectivity index (χ1v) is 7.23. The molecule has 1 saturated heterocycles. The van der Waals surface area contributed by atoms with Crippen LogP contribution in [0, 0.1) is 5.41 Å². The van der Waals surface area contributed by atoms with E-state index in [0.29, 0.717) is 6.42 Å². The number of alkyl halides is 1. The van der Waals surface area contributed by atoms with Crippen molar-refractivity contribution >= 4 is 40.5 Å². The largest absolute Gasteiger partial charge is 0.466 e. The second-order valence-electron chi connectivity index (χ2n) is 4.57. The fraction of sp³-hybridized carbons (Fsp3) is 0.750. The molecule has 2 fully saturated rings. The Morgan fingerprint density at radius 3 is 2.53 bits per heavy atom. The Morgan fingerprint density at radius 1 is 1.37 bits per heavy atom. The average Bonchev–Trinajstić information content (AvgIpc) is 2.92. The summed E-state index contributed by atoms with van der Waals surface area (Å²) in [6.07, 6.45) is -0.282. The molecule has 1 aliphatic heterocycles. The summed E-state index contributed by atoms with van der Waals surface area (Å²) in [5, 5.41) is 0. The molecule has 1 heterocycles. The zero-order valence-corrected chi connectivity index (χ0v) is 12.9. The number of rotatable bonds is 5. The van der Waals surface area contributed by atoms with Crippen molar-refractivity contribution in [3.8, 4) is 0 Å². The molecular formula is C12H15IO6. The van der Waals surface area contributed by atoms with Gasteiger partial charge in [0.15, 0.2) is 5.41 Å². The van der Waals surface area contributed by atoms with Crippen molar-refractivity contribution in [2.24, 2.45) is 5.41 Å². The maximum Gasteiger partial charge on any atom is 0.325 e. The third-order valence-electron chi connectivity index (χ3n) is 3.50. The lowest BCUT2D eigenvalue weighted by Crippen LogP contribution is -2.30. The van der Waals surface area contributed by atoms with Crippen molar-refractivity contribution < 1.29 is 28.6 Å². The molecule has 6 nitrogen and oxygen atoms in total. The number of hydrogen-bond donors (Lipinski definition) is 0. The lowest BCUT2D eigenvalue weighted by atomic mass is 10.0. The second kappa shape index (κ2) is 4.92. The first-order chi connectivity index (χ1) is 8.92. The minimum Gasteiger partial charge on any atom is -0.466 e. The van der Waals surface area contributed by atoms with Crippen molar-refractivity contribution in [3.05, 3.63) is 0 Å². The summed E-state index contributed by atoms with van der Waals surface area (Å²) in [5.41, 5.74) is -1.22. The minimum atomic E-state index is -1.22. The van der Waals surface area contributed by atoms with Crippen LogP contribution in [0.3, 0.4) is 0 Å². The summed E-state index contributed by atoms with van der Waals surface area (Å²) in [4.78, 5) is 35.3. The molecule has 2 rings (SSSR count). The molecule has 1 aliphatic carbocycles. The number of hydrogen-bond acceptors (Lipinski definition) is 6. The van der Waals surface area contributed by atoms with Crippen LogP contribution in [0.1, 0.15) is 26.7 Å². The summed E-state index contributed by atoms with van der Waals surface area (Å²) in [5.74, 6) is -1.57. The van der Waals surface area contributed by atoms with Gasteiger partial charge in [-0.1, -0.05) is 22.6 Å². The smallest absolute Gasteiger partial charge is 0.325 e. The van der Waals surface area contributed by atoms with Gasteiger partial charge < -0.3 is 14.2 Å². The van der Waals surface area contributed by atoms with Crippen molar-refractivity contribution in [1.29, 1.82) is 0 Å². The zero-order valence-electron chi connectivity index (χ0n) is 10.7. The second-order valence-corrected chi connectivity index (χ2v) is 6.49. The van der Waals surface area contributed by atoms with Crippen LogP contribution >= 0.6 is 22.6 Å². The van der Waals surface area contributed by atoms with E-state index in [4.69, 9.17) is 14.2 Å². The van der Waals surface area contributed by atoms with Gasteiger partial charge in [-0.3, -0.25) is 14.4 Å². The van der Waals surface area contributed by atoms with Crippen molar-refractivity contribution in [2.45, 2.75) is 36.2 Å². The standard InChI is InChI=1S/C12H15IO6/c1-3-17-8(14)5-7-12(13)6-11(12,10(16)19-7)9(15)18-4-2/h7H,3-6H2,1-2H3/t7-,11+,12-/m0/s1. The van der Waals surface area contributed by atoms with Crippen LogP contribution in [0.4, 0.5) is 0 Å². The number of fused-ring (bicyclic) bond motifs is 1. The van der Waals surface area contributed by atoms with Crippen LogP contribution in [-0.4, -0.2) is 40.6 Å². The Bertz CT molecular complexity index is 436. The van der Waals surface area contributed by atoms with E-state index in [1.807, 2.05) is 22.6 Å². The lowest BCUT2D eigenvalue weighted by molar-refractivity contribution is -0.161. The van der Waals surface area contributed by atoms with Crippen LogP contribution in [0.25, 0.3) is 0 Å². The number of cyclic esters (lactones) is 1. The van der Waals surface area contributed by atoms with Crippen LogP contribution in [0.15, 0.2) is 0 Å². The van der Waals surface area contributed by atoms with E-state index < -0.39 is 32.8 Å². The first-order valence-electron chi connectivity index (χ1n) is 6.15. The molecule has 7 heteroatoms. The first kappa shape index (κ1) is 14.5. The molecule has 2 aliphatic rings. The van der Waals surface area contributed by atoms with Gasteiger partial charge in [0.1, 0.15) is 6.10 Å². The van der Waals surface area contributed by atoms with Crippen LogP contribution in [0.5, 0.6) is 0 Å². The van der Waals surface area contributed by atoms with E-state index in [2.05, 4.69) is 0 Å². The molecule has 19 heavy (non-hydrogen) atoms. The Kier molecular flexibility index (Phi) is 3.76. The Morgan fingerprint density at radius 2 is 2.00 bits per heavy atom. The van der Waals surface area contributed by atoms with Gasteiger partial charge in [-0.2, -0.15) is 0 Å². The van der Waals surface area contributed by atoms with Crippen LogP contribution in [0.2, 0.25) is 0 Å². The highest BCUT2D eigenvalue weighted by Crippen LogP contribution is 2.70. The number of halogens is 1. The van der Waals surface area contributed by atoms with Crippen molar-refractivity contribution in [3.63, 3.8) is 0 Å². The van der Waals surface area contributed by atoms with Gasteiger partial charge in [0.2, 0.25) is 0 Å². The number of carbonyl (C=O) groups excluding carboxylic acids is 3. The fourth-order valence-electron chi connectivity index (χ4n) is 2.45. The third kappa shape index (κ3) is 2.02. The third-order valence-corrected chi connectivity index (χ3v) is 5.49. The van der Waals surface area contributed by atoms with Crippen molar-refractivity contribution in [1.82, 2.24) is 0 Å². The Labute approximate surface area is 124 Å². The molecule has 0 radical (unpaired) electrons. The Hall–Kier alpha value is -0.860. The fourth-order valence-corrected chi connectivity index (χ4v) is 3.81. The summed E-state index contributed by atoms with van der Waals surface area (Å²) in [6, 6.07) is 0. The van der Waals surface area contributed by atoms with Gasteiger partial charge in [-0.15, -0.1) is 0 Å². The number of esters is 3. The molecule has 0 aromatic rings. The summed E-state index contributed by atoms with van der Waals surface area (Å²) in [7, 11) is 0. The number of carbonyl (C=O) groups is 3. The van der Waals surface area contributed by atoms with E-state index in [0.717, 1.165) is 0 Å². The van der Waals surface area contributed by atoms with Crippen LogP contribution in [-0.2, 0) is 28.6 Å². The molecule has 0 aromatic carbocycles. The SMILES string of the molecule is CCOC(=O)C[C@@H]1OC(=O)[C@]2(C(=O)OCC)C[C@]12I. The Balaban J connectivity index is 2.11. The van der Waals surface area contributed by atoms with Gasteiger partial charge >= 0.3 is 17.9 Å². The highest BCUT2D eigenvalue weighted by Gasteiger charge is 2.85. The molecule has 0 aromatic heterocycles. The monoisotopic (exact) mass is 382 g/mol. The molecule has 0 spiro atoms. The maximum absolute atomic E-state index is 11.9. The van der Waals surface area contributed by atoms with Gasteiger partial charge in [0.25, 0.3) is 0 Å². The van der Waals surface area contributed by atoms with E-state index >= 15 is 0 Å². The van der Waals surface area contributed by atoms with E-state index in [9.17, 15) is 14.4 Å². The van der Waals surface area contributed by atoms with Crippen LogP contribution < -0.4 is 0 Å². The van der Waals surface area contributed by atoms with Crippen molar-refractivity contribution in [2.75, 3.05) is 13.2 Å². The normalized spacial score (nSPS) is 35.3. The zero-order chi connectivity index (χ0) is 14.3. The minimum absolute atomic E-state index is 0.0241. The van der Waals surface area contributed by atoms with E-state index in [1.54, 1.807) is 13.8 Å². The van der Waals surface area contributed by atoms with Gasteiger partial charge in [0.05, 0.1) is 23.1 Å². The van der Waals surface area contributed by atoms with Gasteiger partial charge in [0, 0.05) is 0 Å². The topological polar surface area (TPSA) is 78.9 Å². The molecule has 0 N–H and O–H groups in total. The molecule has 0 amide bonds. The molecular weight excluding hydrogens is 367 g/mol. The predicted octanol–water partition coefficient (Wildman–Crippen LogP) is 0.992. The number of ether oxygens (including phenoxy) is 3. The molecule has 106 valence electrons. The summed E-state index contributed by atoms with van der Waals surface area (Å²) >= 11 is 2.03. The molecule has 3 atom stereocenters. The molecule has 1 saturated carbocycles. The highest BCUT2D eigenvalue weighted by molar-refractivity contribution is 14.1. The predicted molar refractivity (Wildman–Crippen MR) is 71.6 cm³/mol. The highest BCUT2D eigenvalue weighted by atomic mass is 127. The summed E-state index contributed by atoms with van der Waals surface area (Å²) in [6.45, 7) is 3.88. The van der Waals surface area contributed by atoms with Gasteiger partial charge in [-0.25, -0.2) is 0 Å². The quantitative estimate of drug-likeness (QED) is 0.232. The lowest BCUT2D eigenvalue weighted by Gasteiger charge is -2.15. The van der Waals surface area contributed by atoms with Gasteiger partial charge in [-0.05, 0) is 20.3 Å².